The van der Waals surface area contributed by atoms with Crippen LogP contribution in [0.15, 0.2) is 41.7 Å². The number of aliphatic hydroxyl groups excluding tert-OH is 1. The van der Waals surface area contributed by atoms with E-state index >= 15 is 0 Å². The van der Waals surface area contributed by atoms with Gasteiger partial charge in [0.05, 0.1) is 17.6 Å². The number of hydrogen-bond donors (Lipinski definition) is 1. The number of nitrogens with zero attached hydrogens (tertiary/aromatic N) is 2. The number of benzene rings is 1. The molecule has 0 unspecified atom stereocenters. The maximum absolute atomic E-state index is 12.9. The molecule has 5 nitrogen and oxygen atoms in total. The van der Waals surface area contributed by atoms with Crippen molar-refractivity contribution >= 4 is 9.84 Å². The summed E-state index contributed by atoms with van der Waals surface area (Å²) >= 11 is 0. The summed E-state index contributed by atoms with van der Waals surface area (Å²) in [7, 11) is -4.02. The summed E-state index contributed by atoms with van der Waals surface area (Å²) in [6, 6.07) is 8.13. The number of halogens is 3. The fourth-order valence-electron chi connectivity index (χ4n) is 2.12. The molecular weight excluding hydrogens is 333 g/mol. The van der Waals surface area contributed by atoms with Crippen LogP contribution >= 0.6 is 0 Å². The molecule has 9 heteroatoms. The van der Waals surface area contributed by atoms with Crippen molar-refractivity contribution in [1.29, 1.82) is 0 Å². The smallest absolute Gasteiger partial charge is 0.396 e. The lowest BCUT2D eigenvalue weighted by Crippen LogP contribution is -2.23. The van der Waals surface area contributed by atoms with Crippen molar-refractivity contribution in [2.45, 2.75) is 24.3 Å². The zero-order valence-corrected chi connectivity index (χ0v) is 12.8. The minimum Gasteiger partial charge on any atom is -0.396 e. The van der Waals surface area contributed by atoms with Crippen molar-refractivity contribution < 1.29 is 26.7 Å². The summed E-state index contributed by atoms with van der Waals surface area (Å²) in [5.74, 6) is -0.466. The van der Waals surface area contributed by atoms with Gasteiger partial charge in [0.1, 0.15) is 6.54 Å². The van der Waals surface area contributed by atoms with Gasteiger partial charge in [0, 0.05) is 6.61 Å². The van der Waals surface area contributed by atoms with Gasteiger partial charge in [-0.1, -0.05) is 30.3 Å². The number of sulfone groups is 1. The summed E-state index contributed by atoms with van der Waals surface area (Å²) in [5.41, 5.74) is 0.512. The van der Waals surface area contributed by atoms with Gasteiger partial charge in [-0.25, -0.2) is 13.4 Å². The Bertz CT molecular complexity index is 755. The normalized spacial score (nSPS) is 12.5. The van der Waals surface area contributed by atoms with Crippen molar-refractivity contribution in [3.63, 3.8) is 0 Å². The van der Waals surface area contributed by atoms with Crippen LogP contribution in [0, 0.1) is 0 Å². The van der Waals surface area contributed by atoms with Crippen molar-refractivity contribution in [2.24, 2.45) is 0 Å². The Labute approximate surface area is 131 Å². The topological polar surface area (TPSA) is 72.2 Å². The van der Waals surface area contributed by atoms with Crippen LogP contribution in [0.5, 0.6) is 0 Å². The first-order valence-electron chi connectivity index (χ1n) is 6.76. The second kappa shape index (κ2) is 6.71. The maximum Gasteiger partial charge on any atom is 0.406 e. The highest BCUT2D eigenvalue weighted by molar-refractivity contribution is 7.91. The predicted molar refractivity (Wildman–Crippen MR) is 77.5 cm³/mol. The highest BCUT2D eigenvalue weighted by atomic mass is 32.2. The first kappa shape index (κ1) is 17.5. The highest BCUT2D eigenvalue weighted by Crippen LogP contribution is 2.28. The van der Waals surface area contributed by atoms with Crippen molar-refractivity contribution in [3.05, 3.63) is 36.5 Å². The lowest BCUT2D eigenvalue weighted by Gasteiger charge is -2.14. The molecule has 0 fully saturated rings. The Morgan fingerprint density at radius 2 is 1.83 bits per heavy atom. The van der Waals surface area contributed by atoms with Gasteiger partial charge in [-0.2, -0.15) is 13.2 Å². The largest absolute Gasteiger partial charge is 0.406 e. The van der Waals surface area contributed by atoms with E-state index in [2.05, 4.69) is 4.98 Å². The predicted octanol–water partition coefficient (Wildman–Crippen LogP) is 2.27. The van der Waals surface area contributed by atoms with E-state index in [9.17, 15) is 21.6 Å². The molecule has 1 heterocycles. The molecule has 0 radical (unpaired) electrons. The summed E-state index contributed by atoms with van der Waals surface area (Å²) in [5, 5.41) is 8.11. The minimum absolute atomic E-state index is 0.0676. The van der Waals surface area contributed by atoms with Crippen LogP contribution < -0.4 is 0 Å². The third-order valence-corrected chi connectivity index (χ3v) is 4.78. The Kier molecular flexibility index (Phi) is 5.10. The number of hydrogen-bond acceptors (Lipinski definition) is 4. The van der Waals surface area contributed by atoms with E-state index in [1.165, 1.54) is 0 Å². The summed E-state index contributed by atoms with van der Waals surface area (Å²) in [6.45, 7) is -1.82. The molecule has 0 saturated heterocycles. The minimum atomic E-state index is -4.59. The van der Waals surface area contributed by atoms with Gasteiger partial charge in [0.25, 0.3) is 0 Å². The van der Waals surface area contributed by atoms with Gasteiger partial charge in [0.15, 0.2) is 0 Å². The molecule has 0 bridgehead atoms. The summed E-state index contributed by atoms with van der Waals surface area (Å²) in [6.07, 6.45) is -3.54. The van der Waals surface area contributed by atoms with E-state index in [-0.39, 0.29) is 18.7 Å². The number of aromatic nitrogens is 2. The number of aliphatic hydroxyl groups is 1. The SMILES string of the molecule is O=S(=O)(CCCO)c1ncc(-c2ccccc2)n1CC(F)(F)F. The molecule has 1 aromatic heterocycles. The molecule has 1 N–H and O–H groups in total. The standard InChI is InChI=1S/C14H15F3N2O3S/c15-14(16,17)10-19-12(11-5-2-1-3-6-11)9-18-13(19)23(21,22)8-4-7-20/h1-3,5-6,9,20H,4,7-8,10H2. The monoisotopic (exact) mass is 348 g/mol. The molecule has 0 aliphatic carbocycles. The lowest BCUT2D eigenvalue weighted by molar-refractivity contribution is -0.141. The van der Waals surface area contributed by atoms with Gasteiger partial charge in [-0.3, -0.25) is 0 Å². The molecule has 0 aliphatic rings. The molecule has 0 aliphatic heterocycles. The third-order valence-electron chi connectivity index (χ3n) is 3.08. The van der Waals surface area contributed by atoms with Gasteiger partial charge in [0.2, 0.25) is 15.0 Å². The van der Waals surface area contributed by atoms with Crippen molar-refractivity contribution in [2.75, 3.05) is 12.4 Å². The second-order valence-electron chi connectivity index (χ2n) is 4.89. The van der Waals surface area contributed by atoms with Gasteiger partial charge < -0.3 is 9.67 Å². The molecule has 1 aromatic carbocycles. The van der Waals surface area contributed by atoms with Crippen LogP contribution in [-0.4, -0.2) is 41.6 Å². The third kappa shape index (κ3) is 4.32. The van der Waals surface area contributed by atoms with E-state index in [0.717, 1.165) is 6.20 Å². The zero-order chi connectivity index (χ0) is 17.1. The molecule has 0 spiro atoms. The summed E-state index contributed by atoms with van der Waals surface area (Å²) in [4.78, 5) is 3.69. The lowest BCUT2D eigenvalue weighted by atomic mass is 10.2. The Hall–Kier alpha value is -1.87. The fraction of sp³-hybridized carbons (Fsp3) is 0.357. The van der Waals surface area contributed by atoms with Crippen molar-refractivity contribution in [1.82, 2.24) is 9.55 Å². The van der Waals surface area contributed by atoms with Crippen LogP contribution in [0.25, 0.3) is 11.3 Å². The maximum atomic E-state index is 12.9. The molecule has 0 amide bonds. The van der Waals surface area contributed by atoms with Crippen LogP contribution in [-0.2, 0) is 16.4 Å². The quantitative estimate of drug-likeness (QED) is 0.869. The molecule has 23 heavy (non-hydrogen) atoms. The van der Waals surface area contributed by atoms with E-state index in [4.69, 9.17) is 5.11 Å². The molecule has 2 rings (SSSR count). The Morgan fingerprint density at radius 3 is 2.39 bits per heavy atom. The Morgan fingerprint density at radius 1 is 1.17 bits per heavy atom. The van der Waals surface area contributed by atoms with Gasteiger partial charge >= 0.3 is 6.18 Å². The molecule has 0 saturated carbocycles. The number of rotatable bonds is 6. The highest BCUT2D eigenvalue weighted by Gasteiger charge is 2.33. The van der Waals surface area contributed by atoms with Crippen LogP contribution in [0.4, 0.5) is 13.2 Å². The average Bonchev–Trinajstić information content (AvgIpc) is 2.88. The number of alkyl halides is 3. The van der Waals surface area contributed by atoms with Gasteiger partial charge in [-0.05, 0) is 12.0 Å². The van der Waals surface area contributed by atoms with Crippen LogP contribution in [0.3, 0.4) is 0 Å². The first-order chi connectivity index (χ1) is 10.7. The second-order valence-corrected chi connectivity index (χ2v) is 6.89. The first-order valence-corrected chi connectivity index (χ1v) is 8.41. The van der Waals surface area contributed by atoms with E-state index < -0.39 is 33.5 Å². The van der Waals surface area contributed by atoms with Crippen LogP contribution in [0.1, 0.15) is 6.42 Å². The molecule has 126 valence electrons. The summed E-state index contributed by atoms with van der Waals surface area (Å²) < 4.78 is 63.6. The van der Waals surface area contributed by atoms with E-state index in [1.807, 2.05) is 0 Å². The number of imidazole rings is 1. The van der Waals surface area contributed by atoms with E-state index in [1.54, 1.807) is 30.3 Å². The molecule has 0 atom stereocenters. The Balaban J connectivity index is 2.54. The zero-order valence-electron chi connectivity index (χ0n) is 12.0. The average molecular weight is 348 g/mol. The fourth-order valence-corrected chi connectivity index (χ4v) is 3.53. The van der Waals surface area contributed by atoms with E-state index in [0.29, 0.717) is 10.1 Å². The van der Waals surface area contributed by atoms with Gasteiger partial charge in [-0.15, -0.1) is 0 Å². The molecule has 2 aromatic rings. The van der Waals surface area contributed by atoms with Crippen molar-refractivity contribution in [3.8, 4) is 11.3 Å². The molecular formula is C14H15F3N2O3S. The van der Waals surface area contributed by atoms with Crippen LogP contribution in [0.2, 0.25) is 0 Å².